The van der Waals surface area contributed by atoms with Crippen molar-refractivity contribution >= 4 is 0 Å². The van der Waals surface area contributed by atoms with Gasteiger partial charge in [-0.25, -0.2) is 4.79 Å². The number of hydrogen-bond donors (Lipinski definition) is 1. The number of ether oxygens (including phenoxy) is 4. The zero-order valence-electron chi connectivity index (χ0n) is 13.9. The number of nitrogens with zero attached hydrogens (tertiary/aromatic N) is 1. The first-order valence-electron chi connectivity index (χ1n) is 7.64. The molecule has 1 N–H and O–H groups in total. The highest BCUT2D eigenvalue weighted by molar-refractivity contribution is 5.03. The van der Waals surface area contributed by atoms with Gasteiger partial charge in [0.2, 0.25) is 0 Å². The van der Waals surface area contributed by atoms with Gasteiger partial charge in [0.1, 0.15) is 12.2 Å². The standard InChI is InChI=1S/C15H24N2O6/c1-5-10-11(21-4)12(22-7-6-20-3)14(23-10)17-8-9(2)13(18)16-15(17)19/h8,10-12,14H,5-7H2,1-4H3,(H,16,18,19)/t10-,11+,12?,14-/m1/s1. The van der Waals surface area contributed by atoms with Gasteiger partial charge < -0.3 is 18.9 Å². The van der Waals surface area contributed by atoms with Gasteiger partial charge in [0.05, 0.1) is 19.3 Å². The van der Waals surface area contributed by atoms with Crippen molar-refractivity contribution in [3.63, 3.8) is 0 Å². The third-order valence-electron chi connectivity index (χ3n) is 3.98. The molecule has 0 saturated carbocycles. The Morgan fingerprint density at radius 1 is 1.26 bits per heavy atom. The molecule has 1 unspecified atom stereocenters. The summed E-state index contributed by atoms with van der Waals surface area (Å²) >= 11 is 0. The predicted octanol–water partition coefficient (Wildman–Crippen LogP) is 0.199. The van der Waals surface area contributed by atoms with Gasteiger partial charge in [0.25, 0.3) is 5.56 Å². The second kappa shape index (κ2) is 7.87. The first-order chi connectivity index (χ1) is 11.0. The molecule has 0 aromatic carbocycles. The molecular weight excluding hydrogens is 304 g/mol. The van der Waals surface area contributed by atoms with E-state index >= 15 is 0 Å². The molecule has 1 aliphatic heterocycles. The average molecular weight is 328 g/mol. The zero-order chi connectivity index (χ0) is 17.0. The number of methoxy groups -OCH3 is 2. The van der Waals surface area contributed by atoms with Crippen molar-refractivity contribution in [3.05, 3.63) is 32.6 Å². The van der Waals surface area contributed by atoms with Crippen LogP contribution in [0.1, 0.15) is 25.1 Å². The van der Waals surface area contributed by atoms with Gasteiger partial charge in [-0.15, -0.1) is 0 Å². The lowest BCUT2D eigenvalue weighted by atomic mass is 10.1. The van der Waals surface area contributed by atoms with Gasteiger partial charge in [-0.1, -0.05) is 6.92 Å². The fourth-order valence-corrected chi connectivity index (χ4v) is 2.77. The average Bonchev–Trinajstić information content (AvgIpc) is 2.88. The number of aryl methyl sites for hydroxylation is 1. The van der Waals surface area contributed by atoms with Crippen LogP contribution in [0, 0.1) is 6.92 Å². The van der Waals surface area contributed by atoms with Crippen molar-refractivity contribution in [1.29, 1.82) is 0 Å². The summed E-state index contributed by atoms with van der Waals surface area (Å²) < 4.78 is 23.7. The summed E-state index contributed by atoms with van der Waals surface area (Å²) in [6.45, 7) is 4.40. The van der Waals surface area contributed by atoms with E-state index in [2.05, 4.69) is 4.98 Å². The fraction of sp³-hybridized carbons (Fsp3) is 0.733. The highest BCUT2D eigenvalue weighted by Crippen LogP contribution is 2.33. The molecule has 8 heteroatoms. The monoisotopic (exact) mass is 328 g/mol. The molecule has 0 bridgehead atoms. The summed E-state index contributed by atoms with van der Waals surface area (Å²) in [5.41, 5.74) is -0.508. The van der Waals surface area contributed by atoms with Crippen LogP contribution < -0.4 is 11.2 Å². The van der Waals surface area contributed by atoms with Crippen LogP contribution in [0.5, 0.6) is 0 Å². The first kappa shape index (κ1) is 17.9. The Balaban J connectivity index is 2.35. The van der Waals surface area contributed by atoms with Crippen LogP contribution in [0.3, 0.4) is 0 Å². The van der Waals surface area contributed by atoms with Gasteiger partial charge in [-0.2, -0.15) is 0 Å². The molecule has 23 heavy (non-hydrogen) atoms. The van der Waals surface area contributed by atoms with Gasteiger partial charge in [0.15, 0.2) is 6.23 Å². The molecule has 4 atom stereocenters. The van der Waals surface area contributed by atoms with Gasteiger partial charge in [-0.05, 0) is 13.3 Å². The summed E-state index contributed by atoms with van der Waals surface area (Å²) in [6.07, 6.45) is 0.574. The van der Waals surface area contributed by atoms with Crippen molar-refractivity contribution < 1.29 is 18.9 Å². The molecule has 1 fully saturated rings. The lowest BCUT2D eigenvalue weighted by molar-refractivity contribution is -0.0839. The maximum atomic E-state index is 12.2. The Hall–Kier alpha value is -1.48. The molecule has 1 aliphatic rings. The van der Waals surface area contributed by atoms with Crippen LogP contribution in [0.25, 0.3) is 0 Å². The molecule has 1 aromatic heterocycles. The summed E-state index contributed by atoms with van der Waals surface area (Å²) in [6, 6.07) is 0. The zero-order valence-corrected chi connectivity index (χ0v) is 13.9. The van der Waals surface area contributed by atoms with Gasteiger partial charge >= 0.3 is 5.69 Å². The van der Waals surface area contributed by atoms with Crippen LogP contribution in [-0.2, 0) is 18.9 Å². The predicted molar refractivity (Wildman–Crippen MR) is 82.7 cm³/mol. The third kappa shape index (κ3) is 3.72. The van der Waals surface area contributed by atoms with Crippen LogP contribution in [-0.4, -0.2) is 55.3 Å². The Labute approximate surface area is 134 Å². The molecule has 8 nitrogen and oxygen atoms in total. The second-order valence-corrected chi connectivity index (χ2v) is 5.48. The summed E-state index contributed by atoms with van der Waals surface area (Å²) in [7, 11) is 3.18. The summed E-state index contributed by atoms with van der Waals surface area (Å²) in [5.74, 6) is 0. The van der Waals surface area contributed by atoms with E-state index in [1.807, 2.05) is 6.92 Å². The molecule has 0 spiro atoms. The van der Waals surface area contributed by atoms with Gasteiger partial charge in [-0.3, -0.25) is 14.3 Å². The Kier molecular flexibility index (Phi) is 6.11. The summed E-state index contributed by atoms with van der Waals surface area (Å²) in [4.78, 5) is 26.0. The van der Waals surface area contributed by atoms with Crippen LogP contribution in [0.15, 0.2) is 15.8 Å². The maximum Gasteiger partial charge on any atom is 0.330 e. The lowest BCUT2D eigenvalue weighted by Gasteiger charge is -2.24. The Bertz CT molecular complexity index is 625. The molecule has 2 rings (SSSR count). The minimum atomic E-state index is -0.662. The van der Waals surface area contributed by atoms with E-state index in [0.717, 1.165) is 6.42 Å². The van der Waals surface area contributed by atoms with Crippen molar-refractivity contribution in [2.24, 2.45) is 0 Å². The van der Waals surface area contributed by atoms with E-state index in [-0.39, 0.29) is 12.2 Å². The number of rotatable bonds is 7. The number of aromatic amines is 1. The van der Waals surface area contributed by atoms with E-state index in [9.17, 15) is 9.59 Å². The Morgan fingerprint density at radius 3 is 2.61 bits per heavy atom. The van der Waals surface area contributed by atoms with Crippen LogP contribution in [0.4, 0.5) is 0 Å². The first-order valence-corrected chi connectivity index (χ1v) is 7.64. The minimum Gasteiger partial charge on any atom is -0.382 e. The lowest BCUT2D eigenvalue weighted by Crippen LogP contribution is -2.40. The number of aromatic nitrogens is 2. The molecule has 0 amide bonds. The minimum absolute atomic E-state index is 0.198. The number of H-pyrrole nitrogens is 1. The highest BCUT2D eigenvalue weighted by Gasteiger charge is 2.46. The quantitative estimate of drug-likeness (QED) is 0.719. The van der Waals surface area contributed by atoms with Gasteiger partial charge in [0, 0.05) is 26.0 Å². The van der Waals surface area contributed by atoms with E-state index in [0.29, 0.717) is 18.8 Å². The fourth-order valence-electron chi connectivity index (χ4n) is 2.77. The largest absolute Gasteiger partial charge is 0.382 e. The SMILES string of the molecule is CC[C@H]1O[C@@H](n2cc(C)c(=O)[nH]c2=O)C(OCCOC)[C@H]1OC. The van der Waals surface area contributed by atoms with E-state index < -0.39 is 23.6 Å². The molecular formula is C15H24N2O6. The van der Waals surface area contributed by atoms with E-state index in [4.69, 9.17) is 18.9 Å². The second-order valence-electron chi connectivity index (χ2n) is 5.48. The third-order valence-corrected chi connectivity index (χ3v) is 3.98. The molecule has 130 valence electrons. The summed E-state index contributed by atoms with van der Waals surface area (Å²) in [5, 5.41) is 0. The van der Waals surface area contributed by atoms with Crippen LogP contribution in [0.2, 0.25) is 0 Å². The maximum absolute atomic E-state index is 12.2. The normalized spacial score (nSPS) is 27.5. The molecule has 1 saturated heterocycles. The van der Waals surface area contributed by atoms with Crippen molar-refractivity contribution in [3.8, 4) is 0 Å². The molecule has 2 heterocycles. The molecule has 0 radical (unpaired) electrons. The van der Waals surface area contributed by atoms with Crippen molar-refractivity contribution in [2.75, 3.05) is 27.4 Å². The van der Waals surface area contributed by atoms with E-state index in [1.165, 1.54) is 10.8 Å². The number of nitrogens with one attached hydrogen (secondary N) is 1. The highest BCUT2D eigenvalue weighted by atomic mass is 16.6. The van der Waals surface area contributed by atoms with Crippen molar-refractivity contribution in [1.82, 2.24) is 9.55 Å². The smallest absolute Gasteiger partial charge is 0.330 e. The van der Waals surface area contributed by atoms with Crippen molar-refractivity contribution in [2.45, 2.75) is 44.8 Å². The van der Waals surface area contributed by atoms with Crippen LogP contribution >= 0.6 is 0 Å². The van der Waals surface area contributed by atoms with E-state index in [1.54, 1.807) is 21.1 Å². The molecule has 0 aliphatic carbocycles. The Morgan fingerprint density at radius 2 is 2.00 bits per heavy atom. The molecule has 1 aromatic rings. The topological polar surface area (TPSA) is 91.8 Å². The number of hydrogen-bond acceptors (Lipinski definition) is 6.